The lowest BCUT2D eigenvalue weighted by atomic mass is 11.6. The Kier molecular flexibility index (Phi) is 4100. The highest BCUT2D eigenvalue weighted by Gasteiger charge is 1.13. The predicted molar refractivity (Wildman–Crippen MR) is 28.6 cm³/mol. The van der Waals surface area contributed by atoms with E-state index in [-0.39, 0.29) is 21.0 Å². The van der Waals surface area contributed by atoms with Crippen molar-refractivity contribution >= 4 is 6.15 Å². The van der Waals surface area contributed by atoms with Crippen molar-refractivity contribution in [1.82, 2.24) is 0 Å². The molecule has 0 rings (SSSR count). The van der Waals surface area contributed by atoms with Gasteiger partial charge >= 0.3 is 6.15 Å². The third-order valence-electron chi connectivity index (χ3n) is 0. The molecule has 46 valence electrons. The fraction of sp³-hybridized carbons (Fsp3) is 0.750. The molecular formula is C4H13NO2. The van der Waals surface area contributed by atoms with E-state index in [1.165, 1.54) is 7.05 Å². The molecule has 3 heteroatoms. The standard InChI is InChI=1S/CH5N.CO2.2CH4/c1-2;2-1-3;;/h2H2,1H3;;2*1H4. The molecule has 0 aromatic carbocycles. The lowest BCUT2D eigenvalue weighted by Crippen LogP contribution is -1.69. The molecule has 0 spiro atoms. The van der Waals surface area contributed by atoms with E-state index >= 15 is 0 Å². The minimum absolute atomic E-state index is 0. The zero-order valence-electron chi connectivity index (χ0n) is 2.89. The Labute approximate surface area is 44.5 Å². The van der Waals surface area contributed by atoms with Gasteiger partial charge in [-0.05, 0) is 7.05 Å². The first-order valence-corrected chi connectivity index (χ1v) is 0.986. The monoisotopic (exact) mass is 107 g/mol. The SMILES string of the molecule is C.C.CN.O=C=O. The maximum absolute atomic E-state index is 8.12. The first-order valence-electron chi connectivity index (χ1n) is 0.986. The van der Waals surface area contributed by atoms with Crippen LogP contribution in [0.2, 0.25) is 0 Å². The average Bonchev–Trinajstić information content (AvgIpc) is 1.46. The fourth-order valence-electron chi connectivity index (χ4n) is 0. The summed E-state index contributed by atoms with van der Waals surface area (Å²) in [4.78, 5) is 16.2. The van der Waals surface area contributed by atoms with E-state index in [1.54, 1.807) is 0 Å². The lowest BCUT2D eigenvalue weighted by molar-refractivity contribution is -0.191. The first-order chi connectivity index (χ1) is 2.41. The van der Waals surface area contributed by atoms with Gasteiger partial charge in [0.25, 0.3) is 0 Å². The second-order valence-corrected chi connectivity index (χ2v) is 0.0833. The third-order valence-corrected chi connectivity index (χ3v) is 0. The van der Waals surface area contributed by atoms with E-state index in [0.717, 1.165) is 0 Å². The zero-order chi connectivity index (χ0) is 4.71. The van der Waals surface area contributed by atoms with Crippen molar-refractivity contribution in [1.29, 1.82) is 0 Å². The highest BCUT2D eigenvalue weighted by atomic mass is 16.2. The highest BCUT2D eigenvalue weighted by molar-refractivity contribution is 5.20. The Morgan fingerprint density at radius 3 is 1.14 bits per heavy atom. The summed E-state index contributed by atoms with van der Waals surface area (Å²) in [6.45, 7) is 0. The molecule has 0 atom stereocenters. The van der Waals surface area contributed by atoms with Gasteiger partial charge in [-0.2, -0.15) is 9.59 Å². The molecule has 0 fully saturated rings. The van der Waals surface area contributed by atoms with E-state index in [4.69, 9.17) is 9.59 Å². The van der Waals surface area contributed by atoms with Crippen LogP contribution >= 0.6 is 0 Å². The van der Waals surface area contributed by atoms with Crippen LogP contribution in [0.5, 0.6) is 0 Å². The Bertz CT molecular complexity index is 30.7. The molecule has 0 aliphatic carbocycles. The van der Waals surface area contributed by atoms with Crippen molar-refractivity contribution < 1.29 is 9.59 Å². The van der Waals surface area contributed by atoms with Crippen molar-refractivity contribution in [3.63, 3.8) is 0 Å². The van der Waals surface area contributed by atoms with Crippen LogP contribution in [0.4, 0.5) is 0 Å². The number of carbonyl (C=O) groups excluding carboxylic acids is 2. The number of nitrogens with two attached hydrogens (primary N) is 1. The molecule has 7 heavy (non-hydrogen) atoms. The van der Waals surface area contributed by atoms with Crippen molar-refractivity contribution in [2.24, 2.45) is 5.73 Å². The molecule has 0 bridgehead atoms. The predicted octanol–water partition coefficient (Wildman–Crippen LogP) is 0.264. The normalized spacial score (nSPS) is 2.00. The van der Waals surface area contributed by atoms with Gasteiger partial charge in [0.15, 0.2) is 0 Å². The molecule has 0 radical (unpaired) electrons. The van der Waals surface area contributed by atoms with Crippen molar-refractivity contribution in [2.75, 3.05) is 7.05 Å². The lowest BCUT2D eigenvalue weighted by Gasteiger charge is -1.19. The number of hydrogen-bond donors (Lipinski definition) is 1. The summed E-state index contributed by atoms with van der Waals surface area (Å²) in [6, 6.07) is 0. The molecule has 3 nitrogen and oxygen atoms in total. The van der Waals surface area contributed by atoms with Gasteiger partial charge in [0.2, 0.25) is 0 Å². The summed E-state index contributed by atoms with van der Waals surface area (Å²) in [5.41, 5.74) is 4.50. The van der Waals surface area contributed by atoms with Gasteiger partial charge in [-0.25, -0.2) is 0 Å². The molecule has 0 amide bonds. The summed E-state index contributed by atoms with van der Waals surface area (Å²) in [5, 5.41) is 0. The molecular weight excluding hydrogens is 94.0 g/mol. The largest absolute Gasteiger partial charge is 0.373 e. The van der Waals surface area contributed by atoms with Gasteiger partial charge in [0.05, 0.1) is 0 Å². The Morgan fingerprint density at radius 1 is 1.14 bits per heavy atom. The summed E-state index contributed by atoms with van der Waals surface area (Å²) in [6.07, 6.45) is 0.250. The van der Waals surface area contributed by atoms with E-state index < -0.39 is 0 Å². The molecule has 0 aliphatic rings. The van der Waals surface area contributed by atoms with Crippen LogP contribution in [0, 0.1) is 0 Å². The van der Waals surface area contributed by atoms with Gasteiger partial charge in [-0.3, -0.25) is 0 Å². The van der Waals surface area contributed by atoms with Crippen molar-refractivity contribution in [3.8, 4) is 0 Å². The molecule has 0 unspecified atom stereocenters. The number of hydrogen-bond acceptors (Lipinski definition) is 3. The average molecular weight is 107 g/mol. The van der Waals surface area contributed by atoms with E-state index in [2.05, 4.69) is 5.73 Å². The second kappa shape index (κ2) is 870. The van der Waals surface area contributed by atoms with Gasteiger partial charge in [0.1, 0.15) is 0 Å². The minimum atomic E-state index is 0. The summed E-state index contributed by atoms with van der Waals surface area (Å²) < 4.78 is 0. The Hall–Kier alpha value is -0.660. The van der Waals surface area contributed by atoms with Gasteiger partial charge < -0.3 is 5.73 Å². The van der Waals surface area contributed by atoms with E-state index in [0.29, 0.717) is 0 Å². The van der Waals surface area contributed by atoms with Gasteiger partial charge in [-0.1, -0.05) is 14.9 Å². The molecule has 0 saturated carbocycles. The maximum Gasteiger partial charge on any atom is 0.373 e. The maximum atomic E-state index is 8.12. The van der Waals surface area contributed by atoms with Crippen molar-refractivity contribution in [2.45, 2.75) is 14.9 Å². The van der Waals surface area contributed by atoms with Crippen molar-refractivity contribution in [3.05, 3.63) is 0 Å². The molecule has 0 aromatic heterocycles. The summed E-state index contributed by atoms with van der Waals surface area (Å²) in [5.74, 6) is 0. The van der Waals surface area contributed by atoms with Gasteiger partial charge in [0, 0.05) is 0 Å². The molecule has 0 heterocycles. The molecule has 0 aliphatic heterocycles. The van der Waals surface area contributed by atoms with Crippen LogP contribution in [0.3, 0.4) is 0 Å². The van der Waals surface area contributed by atoms with Crippen LogP contribution in [-0.4, -0.2) is 13.2 Å². The molecule has 2 N–H and O–H groups in total. The van der Waals surface area contributed by atoms with Crippen LogP contribution in [0.1, 0.15) is 14.9 Å². The second-order valence-electron chi connectivity index (χ2n) is 0.0833. The van der Waals surface area contributed by atoms with Crippen LogP contribution in [-0.2, 0) is 9.59 Å². The molecule has 0 aromatic rings. The first kappa shape index (κ1) is 33.0. The zero-order valence-corrected chi connectivity index (χ0v) is 2.89. The van der Waals surface area contributed by atoms with Crippen LogP contribution < -0.4 is 5.73 Å². The Morgan fingerprint density at radius 2 is 1.14 bits per heavy atom. The van der Waals surface area contributed by atoms with Crippen LogP contribution in [0.25, 0.3) is 0 Å². The highest BCUT2D eigenvalue weighted by Crippen LogP contribution is 0.787. The number of rotatable bonds is 0. The van der Waals surface area contributed by atoms with E-state index in [1.807, 2.05) is 0 Å². The third kappa shape index (κ3) is 137. The Balaban J connectivity index is -0.0000000105. The van der Waals surface area contributed by atoms with Gasteiger partial charge in [-0.15, -0.1) is 0 Å². The smallest absolute Gasteiger partial charge is 0.333 e. The molecule has 0 saturated heterocycles. The quantitative estimate of drug-likeness (QED) is 0.483. The van der Waals surface area contributed by atoms with E-state index in [9.17, 15) is 0 Å². The topological polar surface area (TPSA) is 60.2 Å². The van der Waals surface area contributed by atoms with Crippen LogP contribution in [0.15, 0.2) is 0 Å². The summed E-state index contributed by atoms with van der Waals surface area (Å²) >= 11 is 0. The minimum Gasteiger partial charge on any atom is -0.333 e. The summed E-state index contributed by atoms with van der Waals surface area (Å²) in [7, 11) is 1.50. The fourth-order valence-corrected chi connectivity index (χ4v) is 0.